The fraction of sp³-hybridized carbons (Fsp3) is 0.400. The van der Waals surface area contributed by atoms with Crippen LogP contribution in [0.1, 0.15) is 5.56 Å². The largest absolute Gasteiger partial charge is 0.489 e. The minimum absolute atomic E-state index is 0.172. The quantitative estimate of drug-likeness (QED) is 0.442. The van der Waals surface area contributed by atoms with Gasteiger partial charge in [0.15, 0.2) is 5.75 Å². The molecule has 2 saturated heterocycles. The number of rotatable bonds is 2. The van der Waals surface area contributed by atoms with Crippen LogP contribution < -0.4 is 19.9 Å². The first-order chi connectivity index (χ1) is 17.2. The molecule has 0 saturated carbocycles. The summed E-state index contributed by atoms with van der Waals surface area (Å²) in [6.45, 7) is 8.11. The molecule has 0 aliphatic carbocycles. The number of aromatic nitrogens is 4. The molecule has 0 spiro atoms. The molecule has 1 atom stereocenters. The summed E-state index contributed by atoms with van der Waals surface area (Å²) in [5.41, 5.74) is 4.86. The van der Waals surface area contributed by atoms with Crippen LogP contribution in [0.15, 0.2) is 24.4 Å². The summed E-state index contributed by atoms with van der Waals surface area (Å²) < 4.78 is 12.0. The first kappa shape index (κ1) is 21.2. The smallest absolute Gasteiger partial charge is 0.228 e. The number of halogens is 1. The number of anilines is 2. The molecule has 3 aliphatic heterocycles. The van der Waals surface area contributed by atoms with Gasteiger partial charge in [-0.2, -0.15) is 10.1 Å². The number of aromatic amines is 1. The molecule has 0 bridgehead atoms. The maximum Gasteiger partial charge on any atom is 0.228 e. The lowest BCUT2D eigenvalue weighted by Gasteiger charge is -2.36. The normalized spacial score (nSPS) is 20.1. The molecule has 0 radical (unpaired) electrons. The summed E-state index contributed by atoms with van der Waals surface area (Å²) in [7, 11) is 0. The Morgan fingerprint density at radius 1 is 1.14 bits per heavy atom. The number of nitrogens with one attached hydrogen (secondary N) is 2. The molecule has 2 fully saturated rings. The molecular formula is C25H26ClN7O2. The minimum Gasteiger partial charge on any atom is -0.489 e. The first-order valence-electron chi connectivity index (χ1n) is 12.1. The molecule has 10 heteroatoms. The van der Waals surface area contributed by atoms with E-state index in [1.807, 2.05) is 12.3 Å². The third-order valence-corrected chi connectivity index (χ3v) is 7.66. The summed E-state index contributed by atoms with van der Waals surface area (Å²) in [5, 5.41) is 13.3. The van der Waals surface area contributed by atoms with Crippen LogP contribution in [0.3, 0.4) is 0 Å². The Morgan fingerprint density at radius 3 is 2.91 bits per heavy atom. The van der Waals surface area contributed by atoms with E-state index in [0.717, 1.165) is 83.0 Å². The summed E-state index contributed by atoms with van der Waals surface area (Å²) >= 11 is 7.15. The van der Waals surface area contributed by atoms with Crippen molar-refractivity contribution in [2.75, 3.05) is 62.3 Å². The van der Waals surface area contributed by atoms with E-state index in [1.54, 1.807) is 0 Å². The molecule has 7 rings (SSSR count). The fourth-order valence-electron chi connectivity index (χ4n) is 5.49. The molecule has 2 N–H and O–H groups in total. The summed E-state index contributed by atoms with van der Waals surface area (Å²) in [6, 6.07) is 6.40. The van der Waals surface area contributed by atoms with E-state index in [0.29, 0.717) is 30.6 Å². The van der Waals surface area contributed by atoms with Crippen LogP contribution in [0.25, 0.3) is 32.9 Å². The number of piperazine rings is 1. The third-order valence-electron chi connectivity index (χ3n) is 7.29. The zero-order valence-corrected chi connectivity index (χ0v) is 20.2. The van der Waals surface area contributed by atoms with Gasteiger partial charge in [0, 0.05) is 43.7 Å². The van der Waals surface area contributed by atoms with E-state index in [4.69, 9.17) is 31.0 Å². The molecule has 0 amide bonds. The second-order valence-electron chi connectivity index (χ2n) is 9.36. The Bertz CT molecular complexity index is 1450. The molecule has 35 heavy (non-hydrogen) atoms. The highest BCUT2D eigenvalue weighted by Gasteiger charge is 2.33. The highest BCUT2D eigenvalue weighted by molar-refractivity contribution is 6.37. The number of H-pyrrole nitrogens is 1. The van der Waals surface area contributed by atoms with Crippen molar-refractivity contribution in [2.24, 2.45) is 0 Å². The predicted molar refractivity (Wildman–Crippen MR) is 137 cm³/mol. The van der Waals surface area contributed by atoms with Crippen LogP contribution >= 0.6 is 11.6 Å². The molecule has 4 aromatic rings. The van der Waals surface area contributed by atoms with Crippen LogP contribution in [-0.4, -0.2) is 78.8 Å². The molecule has 2 aromatic heterocycles. The molecule has 2 aromatic carbocycles. The van der Waals surface area contributed by atoms with E-state index < -0.39 is 0 Å². The summed E-state index contributed by atoms with van der Waals surface area (Å²) in [6.07, 6.45) is 1.85. The SMILES string of the molecule is Cc1ccc2[nH]ncc2c1-c1cc2nc(N3CCOCC3)nc3c2c(c1Cl)OC[C@@H]1CNCCN31. The van der Waals surface area contributed by atoms with Crippen LogP contribution in [0, 0.1) is 6.92 Å². The van der Waals surface area contributed by atoms with Crippen LogP contribution in [0.2, 0.25) is 5.02 Å². The zero-order valence-electron chi connectivity index (χ0n) is 19.5. The number of hydrogen-bond donors (Lipinski definition) is 2. The minimum atomic E-state index is 0.172. The van der Waals surface area contributed by atoms with Crippen molar-refractivity contribution in [3.8, 4) is 16.9 Å². The molecule has 9 nitrogen and oxygen atoms in total. The molecule has 0 unspecified atom stereocenters. The van der Waals surface area contributed by atoms with Crippen LogP contribution in [0.5, 0.6) is 5.75 Å². The monoisotopic (exact) mass is 491 g/mol. The highest BCUT2D eigenvalue weighted by atomic mass is 35.5. The number of ether oxygens (including phenoxy) is 2. The number of aryl methyl sites for hydroxylation is 1. The van der Waals surface area contributed by atoms with Crippen molar-refractivity contribution in [1.29, 1.82) is 0 Å². The van der Waals surface area contributed by atoms with Gasteiger partial charge in [0.25, 0.3) is 0 Å². The maximum absolute atomic E-state index is 7.15. The second kappa shape index (κ2) is 8.22. The van der Waals surface area contributed by atoms with E-state index in [1.165, 1.54) is 0 Å². The topological polar surface area (TPSA) is 91.4 Å². The maximum atomic E-state index is 7.15. The van der Waals surface area contributed by atoms with Crippen molar-refractivity contribution >= 4 is 45.2 Å². The summed E-state index contributed by atoms with van der Waals surface area (Å²) in [4.78, 5) is 14.7. The van der Waals surface area contributed by atoms with Crippen molar-refractivity contribution in [1.82, 2.24) is 25.5 Å². The molecule has 180 valence electrons. The van der Waals surface area contributed by atoms with Crippen LogP contribution in [0.4, 0.5) is 11.8 Å². The van der Waals surface area contributed by atoms with E-state index >= 15 is 0 Å². The van der Waals surface area contributed by atoms with Gasteiger partial charge < -0.3 is 24.6 Å². The Labute approximate surface area is 207 Å². The third kappa shape index (κ3) is 3.33. The standard InChI is InChI=1S/C25H26ClN7O2/c1-14-2-3-18-17(12-28-31-18)20(14)16-10-19-21-23(22(16)26)35-13-15-11-27-4-5-33(15)24(21)30-25(29-19)32-6-8-34-9-7-32/h2-3,10,12,15,27H,4-9,11,13H2,1H3,(H,28,31)/t15-/m0/s1. The van der Waals surface area contributed by atoms with Crippen molar-refractivity contribution < 1.29 is 9.47 Å². The lowest BCUT2D eigenvalue weighted by atomic mass is 9.95. The van der Waals surface area contributed by atoms with Crippen molar-refractivity contribution in [2.45, 2.75) is 13.0 Å². The van der Waals surface area contributed by atoms with Gasteiger partial charge in [-0.15, -0.1) is 0 Å². The lowest BCUT2D eigenvalue weighted by Crippen LogP contribution is -2.53. The number of nitrogens with zero attached hydrogens (tertiary/aromatic N) is 5. The van der Waals surface area contributed by atoms with Gasteiger partial charge in [0.05, 0.1) is 46.9 Å². The van der Waals surface area contributed by atoms with Gasteiger partial charge >= 0.3 is 0 Å². The fourth-order valence-corrected chi connectivity index (χ4v) is 5.79. The van der Waals surface area contributed by atoms with Gasteiger partial charge in [0.2, 0.25) is 5.95 Å². The number of benzene rings is 2. The van der Waals surface area contributed by atoms with Crippen molar-refractivity contribution in [3.05, 3.63) is 35.0 Å². The number of hydrogen-bond acceptors (Lipinski definition) is 8. The van der Waals surface area contributed by atoms with Gasteiger partial charge in [-0.3, -0.25) is 5.10 Å². The van der Waals surface area contributed by atoms with Gasteiger partial charge in [-0.1, -0.05) is 17.7 Å². The summed E-state index contributed by atoms with van der Waals surface area (Å²) in [5.74, 6) is 2.30. The average Bonchev–Trinajstić information content (AvgIpc) is 3.30. The Kier molecular flexibility index (Phi) is 4.97. The van der Waals surface area contributed by atoms with E-state index in [-0.39, 0.29) is 6.04 Å². The number of fused-ring (bicyclic) bond motifs is 3. The average molecular weight is 492 g/mol. The zero-order chi connectivity index (χ0) is 23.5. The Morgan fingerprint density at radius 2 is 2.03 bits per heavy atom. The number of morpholine rings is 1. The predicted octanol–water partition coefficient (Wildman–Crippen LogP) is 3.14. The van der Waals surface area contributed by atoms with Gasteiger partial charge in [-0.25, -0.2) is 4.98 Å². The first-order valence-corrected chi connectivity index (χ1v) is 12.5. The lowest BCUT2D eigenvalue weighted by molar-refractivity contribution is 0.122. The Balaban J connectivity index is 1.52. The molecule has 5 heterocycles. The molecule has 3 aliphatic rings. The van der Waals surface area contributed by atoms with E-state index in [9.17, 15) is 0 Å². The Hall–Kier alpha value is -3.14. The van der Waals surface area contributed by atoms with Crippen molar-refractivity contribution in [3.63, 3.8) is 0 Å². The molecular weight excluding hydrogens is 466 g/mol. The highest BCUT2D eigenvalue weighted by Crippen LogP contribution is 2.48. The second-order valence-corrected chi connectivity index (χ2v) is 9.74. The van der Waals surface area contributed by atoms with E-state index in [2.05, 4.69) is 44.4 Å². The van der Waals surface area contributed by atoms with Gasteiger partial charge in [-0.05, 0) is 30.2 Å². The van der Waals surface area contributed by atoms with Crippen LogP contribution in [-0.2, 0) is 4.74 Å². The van der Waals surface area contributed by atoms with Gasteiger partial charge in [0.1, 0.15) is 12.4 Å².